The Morgan fingerprint density at radius 3 is 2.10 bits per heavy atom. The van der Waals surface area contributed by atoms with Crippen molar-refractivity contribution in [3.05, 3.63) is 75.0 Å². The molecule has 148 valence electrons. The van der Waals surface area contributed by atoms with E-state index in [1.807, 2.05) is 20.8 Å². The fourth-order valence-corrected chi connectivity index (χ4v) is 3.70. The second kappa shape index (κ2) is 8.59. The first-order valence-corrected chi connectivity index (χ1v) is 9.48. The van der Waals surface area contributed by atoms with Crippen molar-refractivity contribution in [1.82, 2.24) is 15.3 Å². The summed E-state index contributed by atoms with van der Waals surface area (Å²) in [6.45, 7) is 6.07. The van der Waals surface area contributed by atoms with E-state index in [-0.39, 0.29) is 21.4 Å². The Kier molecular flexibility index (Phi) is 6.15. The van der Waals surface area contributed by atoms with Crippen molar-refractivity contribution in [1.29, 1.82) is 0 Å². The molecular formula is C21H18Cl2N4O2. The Bertz CT molecular complexity index is 1060. The zero-order valence-electron chi connectivity index (χ0n) is 16.0. The first kappa shape index (κ1) is 20.8. The van der Waals surface area contributed by atoms with Crippen LogP contribution in [-0.4, -0.2) is 21.9 Å². The van der Waals surface area contributed by atoms with Crippen LogP contribution < -0.4 is 10.6 Å². The number of halogens is 2. The van der Waals surface area contributed by atoms with Crippen molar-refractivity contribution < 1.29 is 9.59 Å². The quantitative estimate of drug-likeness (QED) is 0.589. The molecule has 0 saturated carbocycles. The average Bonchev–Trinajstić information content (AvgIpc) is 2.62. The molecule has 29 heavy (non-hydrogen) atoms. The number of benzene rings is 2. The molecule has 2 N–H and O–H groups in total. The third-order valence-corrected chi connectivity index (χ3v) is 4.87. The van der Waals surface area contributed by atoms with Gasteiger partial charge < -0.3 is 0 Å². The fourth-order valence-electron chi connectivity index (χ4n) is 3.13. The number of aromatic nitrogens is 2. The molecule has 0 radical (unpaired) electrons. The molecule has 8 heteroatoms. The molecule has 0 spiro atoms. The lowest BCUT2D eigenvalue weighted by atomic mass is 9.98. The van der Waals surface area contributed by atoms with E-state index in [4.69, 9.17) is 23.2 Å². The predicted molar refractivity (Wildman–Crippen MR) is 115 cm³/mol. The standard InChI is InChI=1S/C21H18Cl2N4O2/c1-11-7-12(2)18(13(3)8-11)16-9-25-17(10-24-16)26-21(29)27-20(28)19-14(22)5-4-6-15(19)23/h4-10H,1-3H3,(H2,25,26,27,28,29). The van der Waals surface area contributed by atoms with E-state index in [1.54, 1.807) is 12.3 Å². The zero-order chi connectivity index (χ0) is 21.1. The number of hydrogen-bond donors (Lipinski definition) is 2. The number of carbonyl (C=O) groups is 2. The summed E-state index contributed by atoms with van der Waals surface area (Å²) in [5.74, 6) is -0.514. The summed E-state index contributed by atoms with van der Waals surface area (Å²) >= 11 is 12.0. The van der Waals surface area contributed by atoms with Crippen molar-refractivity contribution in [3.8, 4) is 11.3 Å². The van der Waals surface area contributed by atoms with Crippen LogP contribution in [0.5, 0.6) is 0 Å². The molecule has 1 aromatic heterocycles. The van der Waals surface area contributed by atoms with Crippen LogP contribution in [0, 0.1) is 20.8 Å². The number of nitrogens with zero attached hydrogens (tertiary/aromatic N) is 2. The summed E-state index contributed by atoms with van der Waals surface area (Å²) in [5.41, 5.74) is 5.09. The summed E-state index contributed by atoms with van der Waals surface area (Å²) in [4.78, 5) is 33.0. The third-order valence-electron chi connectivity index (χ3n) is 4.24. The van der Waals surface area contributed by atoms with E-state index in [0.717, 1.165) is 16.7 Å². The van der Waals surface area contributed by atoms with Gasteiger partial charge in [-0.3, -0.25) is 20.4 Å². The number of carbonyl (C=O) groups excluding carboxylic acids is 2. The van der Waals surface area contributed by atoms with Crippen molar-refractivity contribution in [2.75, 3.05) is 5.32 Å². The molecule has 0 aliphatic rings. The Hall–Kier alpha value is -2.96. The number of aryl methyl sites for hydroxylation is 3. The molecule has 0 aliphatic carbocycles. The number of amides is 3. The first-order chi connectivity index (χ1) is 13.8. The van der Waals surface area contributed by atoms with Gasteiger partial charge in [0.25, 0.3) is 5.91 Å². The summed E-state index contributed by atoms with van der Waals surface area (Å²) in [7, 11) is 0. The molecule has 1 heterocycles. The van der Waals surface area contributed by atoms with Gasteiger partial charge in [-0.15, -0.1) is 0 Å². The highest BCUT2D eigenvalue weighted by Crippen LogP contribution is 2.27. The molecule has 0 fully saturated rings. The van der Waals surface area contributed by atoms with E-state index < -0.39 is 11.9 Å². The minimum absolute atomic E-state index is 0.0257. The van der Waals surface area contributed by atoms with Crippen LogP contribution in [-0.2, 0) is 0 Å². The van der Waals surface area contributed by atoms with Gasteiger partial charge in [-0.25, -0.2) is 9.78 Å². The Morgan fingerprint density at radius 1 is 0.931 bits per heavy atom. The highest BCUT2D eigenvalue weighted by atomic mass is 35.5. The number of anilines is 1. The van der Waals surface area contributed by atoms with Gasteiger partial charge in [-0.2, -0.15) is 0 Å². The van der Waals surface area contributed by atoms with Gasteiger partial charge in [0.2, 0.25) is 0 Å². The number of nitrogens with one attached hydrogen (secondary N) is 2. The van der Waals surface area contributed by atoms with Gasteiger partial charge in [0.15, 0.2) is 5.82 Å². The SMILES string of the molecule is Cc1cc(C)c(-c2cnc(NC(=O)NC(=O)c3c(Cl)cccc3Cl)cn2)c(C)c1. The number of rotatable bonds is 3. The van der Waals surface area contributed by atoms with Crippen LogP contribution in [0.1, 0.15) is 27.0 Å². The van der Waals surface area contributed by atoms with Crippen LogP contribution in [0.2, 0.25) is 10.0 Å². The highest BCUT2D eigenvalue weighted by molar-refractivity contribution is 6.40. The molecule has 2 aromatic carbocycles. The molecule has 0 unspecified atom stereocenters. The van der Waals surface area contributed by atoms with E-state index in [9.17, 15) is 9.59 Å². The molecule has 0 bridgehead atoms. The Labute approximate surface area is 178 Å². The summed E-state index contributed by atoms with van der Waals surface area (Å²) < 4.78 is 0. The minimum atomic E-state index is -0.768. The largest absolute Gasteiger partial charge is 0.327 e. The summed E-state index contributed by atoms with van der Waals surface area (Å²) in [5, 5.41) is 4.94. The molecule has 3 rings (SSSR count). The topological polar surface area (TPSA) is 84.0 Å². The second-order valence-corrected chi connectivity index (χ2v) is 7.38. The smallest absolute Gasteiger partial charge is 0.291 e. The lowest BCUT2D eigenvalue weighted by molar-refractivity contribution is 0.0967. The molecule has 6 nitrogen and oxygen atoms in total. The number of hydrogen-bond acceptors (Lipinski definition) is 4. The molecular weight excluding hydrogens is 411 g/mol. The monoisotopic (exact) mass is 428 g/mol. The van der Waals surface area contributed by atoms with Gasteiger partial charge in [-0.05, 0) is 44.0 Å². The zero-order valence-corrected chi connectivity index (χ0v) is 17.5. The van der Waals surface area contributed by atoms with E-state index in [2.05, 4.69) is 32.7 Å². The predicted octanol–water partition coefficient (Wildman–Crippen LogP) is 5.34. The molecule has 3 aromatic rings. The van der Waals surface area contributed by atoms with E-state index >= 15 is 0 Å². The number of urea groups is 1. The summed E-state index contributed by atoms with van der Waals surface area (Å²) in [6.07, 6.45) is 3.01. The average molecular weight is 429 g/mol. The minimum Gasteiger partial charge on any atom is -0.291 e. The fraction of sp³-hybridized carbons (Fsp3) is 0.143. The molecule has 3 amide bonds. The van der Waals surface area contributed by atoms with Gasteiger partial charge in [-0.1, -0.05) is 47.0 Å². The summed E-state index contributed by atoms with van der Waals surface area (Å²) in [6, 6.07) is 8.02. The Balaban J connectivity index is 1.72. The van der Waals surface area contributed by atoms with Gasteiger partial charge in [0, 0.05) is 5.56 Å². The maximum Gasteiger partial charge on any atom is 0.327 e. The molecule has 0 aliphatic heterocycles. The van der Waals surface area contributed by atoms with Crippen molar-refractivity contribution in [2.45, 2.75) is 20.8 Å². The van der Waals surface area contributed by atoms with Crippen LogP contribution in [0.4, 0.5) is 10.6 Å². The van der Waals surface area contributed by atoms with Gasteiger partial charge in [0.05, 0.1) is 33.7 Å². The second-order valence-electron chi connectivity index (χ2n) is 6.57. The lowest BCUT2D eigenvalue weighted by Crippen LogP contribution is -2.35. The van der Waals surface area contributed by atoms with Crippen LogP contribution in [0.15, 0.2) is 42.7 Å². The van der Waals surface area contributed by atoms with Crippen molar-refractivity contribution in [2.24, 2.45) is 0 Å². The lowest BCUT2D eigenvalue weighted by Gasteiger charge is -2.11. The number of imide groups is 1. The van der Waals surface area contributed by atoms with Crippen LogP contribution >= 0.6 is 23.2 Å². The Morgan fingerprint density at radius 2 is 1.55 bits per heavy atom. The maximum atomic E-state index is 12.3. The van der Waals surface area contributed by atoms with Crippen molar-refractivity contribution in [3.63, 3.8) is 0 Å². The maximum absolute atomic E-state index is 12.3. The highest BCUT2D eigenvalue weighted by Gasteiger charge is 2.17. The first-order valence-electron chi connectivity index (χ1n) is 8.73. The van der Waals surface area contributed by atoms with E-state index in [1.165, 1.54) is 23.9 Å². The van der Waals surface area contributed by atoms with Crippen LogP contribution in [0.3, 0.4) is 0 Å². The normalized spacial score (nSPS) is 10.5. The molecule has 0 saturated heterocycles. The van der Waals surface area contributed by atoms with Crippen molar-refractivity contribution >= 4 is 41.0 Å². The van der Waals surface area contributed by atoms with Gasteiger partial charge >= 0.3 is 6.03 Å². The third kappa shape index (κ3) is 4.72. The van der Waals surface area contributed by atoms with E-state index in [0.29, 0.717) is 5.69 Å². The van der Waals surface area contributed by atoms with Gasteiger partial charge in [0.1, 0.15) is 0 Å². The molecule has 0 atom stereocenters. The van der Waals surface area contributed by atoms with Crippen LogP contribution in [0.25, 0.3) is 11.3 Å².